The van der Waals surface area contributed by atoms with Gasteiger partial charge in [-0.15, -0.1) is 0 Å². The highest BCUT2D eigenvalue weighted by atomic mass is 32.2. The van der Waals surface area contributed by atoms with Crippen molar-refractivity contribution in [2.75, 3.05) is 18.1 Å². The maximum atomic E-state index is 12.4. The second kappa shape index (κ2) is 5.64. The number of thioether (sulfide) groups is 1. The molecule has 6 heteroatoms. The van der Waals surface area contributed by atoms with Gasteiger partial charge in [0, 0.05) is 5.75 Å². The van der Waals surface area contributed by atoms with Crippen molar-refractivity contribution in [2.45, 2.75) is 18.8 Å². The van der Waals surface area contributed by atoms with Crippen LogP contribution in [0.3, 0.4) is 0 Å². The Morgan fingerprint density at radius 1 is 1.33 bits per heavy atom. The number of hydrogen-bond donors (Lipinski definition) is 1. The van der Waals surface area contributed by atoms with Crippen molar-refractivity contribution in [1.29, 1.82) is 0 Å². The molecule has 0 atom stereocenters. The topological polar surface area (TPSA) is 20.2 Å². The molecule has 0 aromatic carbocycles. The van der Waals surface area contributed by atoms with Crippen molar-refractivity contribution in [3.63, 3.8) is 0 Å². The number of alkyl halides is 4. The molecule has 1 N–H and O–H groups in total. The van der Waals surface area contributed by atoms with Crippen LogP contribution in [-0.4, -0.2) is 35.6 Å². The lowest BCUT2D eigenvalue weighted by Gasteiger charge is -2.14. The third-order valence-corrected chi connectivity index (χ3v) is 2.10. The zero-order valence-corrected chi connectivity index (χ0v) is 7.09. The lowest BCUT2D eigenvalue weighted by atomic mass is 10.3. The predicted molar refractivity (Wildman–Crippen MR) is 40.0 cm³/mol. The van der Waals surface area contributed by atoms with Crippen LogP contribution in [-0.2, 0) is 0 Å². The Morgan fingerprint density at radius 3 is 2.33 bits per heavy atom. The summed E-state index contributed by atoms with van der Waals surface area (Å²) in [5, 5.41) is 8.23. The Morgan fingerprint density at radius 2 is 1.92 bits per heavy atom. The van der Waals surface area contributed by atoms with E-state index in [0.29, 0.717) is 0 Å². The molecule has 1 nitrogen and oxygen atoms in total. The Bertz CT molecular complexity index is 120. The minimum Gasteiger partial charge on any atom is -0.396 e. The van der Waals surface area contributed by atoms with Gasteiger partial charge < -0.3 is 5.11 Å². The van der Waals surface area contributed by atoms with Gasteiger partial charge in [-0.25, -0.2) is 17.6 Å². The van der Waals surface area contributed by atoms with Crippen molar-refractivity contribution >= 4 is 11.8 Å². The molecule has 74 valence electrons. The van der Waals surface area contributed by atoms with Gasteiger partial charge in [-0.05, 0) is 0 Å². The van der Waals surface area contributed by atoms with E-state index in [9.17, 15) is 17.6 Å². The molecule has 0 spiro atoms. The predicted octanol–water partition coefficient (Wildman–Crippen LogP) is 2.00. The summed E-state index contributed by atoms with van der Waals surface area (Å²) in [4.78, 5) is 0. The van der Waals surface area contributed by atoms with Crippen molar-refractivity contribution in [2.24, 2.45) is 0 Å². The van der Waals surface area contributed by atoms with Crippen LogP contribution in [0.15, 0.2) is 0 Å². The minimum atomic E-state index is -3.33. The standard InChI is InChI=1S/C6H10F4OS/c7-5(8)3-6(9,10)4-12-2-1-11/h5,11H,1-4H2. The number of halogens is 4. The largest absolute Gasteiger partial charge is 0.396 e. The molecule has 0 saturated heterocycles. The highest BCUT2D eigenvalue weighted by molar-refractivity contribution is 7.99. The van der Waals surface area contributed by atoms with E-state index in [1.165, 1.54) is 0 Å². The summed E-state index contributed by atoms with van der Waals surface area (Å²) in [6, 6.07) is 0. The number of hydrogen-bond acceptors (Lipinski definition) is 2. The molecule has 0 saturated carbocycles. The number of aliphatic hydroxyl groups excluding tert-OH is 1. The van der Waals surface area contributed by atoms with Crippen LogP contribution < -0.4 is 0 Å². The maximum absolute atomic E-state index is 12.4. The second-order valence-electron chi connectivity index (χ2n) is 2.23. The fourth-order valence-corrected chi connectivity index (χ4v) is 1.26. The van der Waals surface area contributed by atoms with Gasteiger partial charge in [0.15, 0.2) is 0 Å². The number of rotatable bonds is 6. The lowest BCUT2D eigenvalue weighted by molar-refractivity contribution is -0.0341. The second-order valence-corrected chi connectivity index (χ2v) is 3.33. The van der Waals surface area contributed by atoms with Gasteiger partial charge in [0.25, 0.3) is 5.92 Å². The molecule has 12 heavy (non-hydrogen) atoms. The fraction of sp³-hybridized carbons (Fsp3) is 1.00. The molecule has 0 aliphatic heterocycles. The summed E-state index contributed by atoms with van der Waals surface area (Å²) in [6.07, 6.45) is -4.37. The molecule has 0 aliphatic rings. The van der Waals surface area contributed by atoms with Gasteiger partial charge >= 0.3 is 0 Å². The summed E-state index contributed by atoms with van der Waals surface area (Å²) in [6.45, 7) is -0.213. The zero-order valence-electron chi connectivity index (χ0n) is 6.27. The van der Waals surface area contributed by atoms with Crippen molar-refractivity contribution < 1.29 is 22.7 Å². The third-order valence-electron chi connectivity index (χ3n) is 1.00. The molecule has 0 bridgehead atoms. The molecule has 0 aromatic rings. The smallest absolute Gasteiger partial charge is 0.262 e. The summed E-state index contributed by atoms with van der Waals surface area (Å²) in [7, 11) is 0. The summed E-state index contributed by atoms with van der Waals surface area (Å²) in [5.41, 5.74) is 0. The van der Waals surface area contributed by atoms with E-state index in [0.717, 1.165) is 11.8 Å². The highest BCUT2D eigenvalue weighted by Crippen LogP contribution is 2.26. The van der Waals surface area contributed by atoms with E-state index in [4.69, 9.17) is 5.11 Å². The first kappa shape index (κ1) is 12.0. The molecule has 0 radical (unpaired) electrons. The third kappa shape index (κ3) is 6.72. The Hall–Kier alpha value is 0.0300. The van der Waals surface area contributed by atoms with Crippen LogP contribution in [0.25, 0.3) is 0 Å². The molecule has 0 unspecified atom stereocenters. The summed E-state index contributed by atoms with van der Waals surface area (Å²) >= 11 is 0.769. The van der Waals surface area contributed by atoms with E-state index < -0.39 is 24.5 Å². The minimum absolute atomic E-state index is 0.152. The van der Waals surface area contributed by atoms with Crippen LogP contribution in [0.5, 0.6) is 0 Å². The zero-order chi connectivity index (χ0) is 9.61. The van der Waals surface area contributed by atoms with Gasteiger partial charge in [0.1, 0.15) is 0 Å². The van der Waals surface area contributed by atoms with Gasteiger partial charge in [-0.2, -0.15) is 11.8 Å². The van der Waals surface area contributed by atoms with Crippen LogP contribution in [0.2, 0.25) is 0 Å². The van der Waals surface area contributed by atoms with E-state index in [-0.39, 0.29) is 12.4 Å². The quantitative estimate of drug-likeness (QED) is 0.530. The molecule has 0 amide bonds. The van der Waals surface area contributed by atoms with Gasteiger partial charge in [-0.1, -0.05) is 0 Å². The first-order valence-electron chi connectivity index (χ1n) is 3.32. The maximum Gasteiger partial charge on any atom is 0.262 e. The van der Waals surface area contributed by atoms with Crippen LogP contribution >= 0.6 is 11.8 Å². The van der Waals surface area contributed by atoms with Crippen molar-refractivity contribution in [3.05, 3.63) is 0 Å². The molecular formula is C6H10F4OS. The average Bonchev–Trinajstić information content (AvgIpc) is 1.84. The Kier molecular flexibility index (Phi) is 5.65. The van der Waals surface area contributed by atoms with Gasteiger partial charge in [0.05, 0.1) is 18.8 Å². The molecule has 0 heterocycles. The average molecular weight is 206 g/mol. The monoisotopic (exact) mass is 206 g/mol. The molecule has 0 aliphatic carbocycles. The summed E-state index contributed by atoms with van der Waals surface area (Å²) < 4.78 is 47.8. The van der Waals surface area contributed by atoms with Crippen molar-refractivity contribution in [3.8, 4) is 0 Å². The van der Waals surface area contributed by atoms with Crippen molar-refractivity contribution in [1.82, 2.24) is 0 Å². The van der Waals surface area contributed by atoms with Crippen LogP contribution in [0.1, 0.15) is 6.42 Å². The first-order chi connectivity index (χ1) is 5.48. The van der Waals surface area contributed by atoms with E-state index in [1.54, 1.807) is 0 Å². The lowest BCUT2D eigenvalue weighted by Crippen LogP contribution is -2.23. The molecular weight excluding hydrogens is 196 g/mol. The Balaban J connectivity index is 3.56. The van der Waals surface area contributed by atoms with Crippen LogP contribution in [0.4, 0.5) is 17.6 Å². The first-order valence-corrected chi connectivity index (χ1v) is 4.48. The number of aliphatic hydroxyl groups is 1. The van der Waals surface area contributed by atoms with E-state index in [1.807, 2.05) is 0 Å². The Labute approximate surface area is 72.1 Å². The van der Waals surface area contributed by atoms with E-state index in [2.05, 4.69) is 0 Å². The van der Waals surface area contributed by atoms with E-state index >= 15 is 0 Å². The highest BCUT2D eigenvalue weighted by Gasteiger charge is 2.32. The van der Waals surface area contributed by atoms with Gasteiger partial charge in [0.2, 0.25) is 6.43 Å². The van der Waals surface area contributed by atoms with Crippen LogP contribution in [0, 0.1) is 0 Å². The molecule has 0 fully saturated rings. The molecule has 0 rings (SSSR count). The van der Waals surface area contributed by atoms with Gasteiger partial charge in [-0.3, -0.25) is 0 Å². The summed E-state index contributed by atoms with van der Waals surface area (Å²) in [5.74, 6) is -3.83. The normalized spacial score (nSPS) is 12.5. The SMILES string of the molecule is OCCSCC(F)(F)CC(F)F. The fourth-order valence-electron chi connectivity index (χ4n) is 0.571. The molecule has 0 aromatic heterocycles.